The number of amidine groups is 1. The second-order valence-corrected chi connectivity index (χ2v) is 7.42. The van der Waals surface area contributed by atoms with Crippen LogP contribution in [-0.4, -0.2) is 34.1 Å². The first-order chi connectivity index (χ1) is 13.7. The number of hydrogen-bond acceptors (Lipinski definition) is 8. The number of hydrogen-bond donors (Lipinski definition) is 3. The molecule has 28 heavy (non-hydrogen) atoms. The van der Waals surface area contributed by atoms with Crippen molar-refractivity contribution in [2.75, 3.05) is 13.3 Å². The van der Waals surface area contributed by atoms with E-state index in [4.69, 9.17) is 20.5 Å². The zero-order chi connectivity index (χ0) is 19.4. The van der Waals surface area contributed by atoms with E-state index in [1.807, 2.05) is 35.0 Å². The van der Waals surface area contributed by atoms with Crippen molar-refractivity contribution < 1.29 is 9.47 Å². The van der Waals surface area contributed by atoms with Crippen LogP contribution >= 0.6 is 11.9 Å². The first-order valence-electron chi connectivity index (χ1n) is 8.95. The average Bonchev–Trinajstić information content (AvgIpc) is 3.45. The first kappa shape index (κ1) is 18.6. The molecule has 1 aromatic carbocycles. The van der Waals surface area contributed by atoms with Crippen molar-refractivity contribution in [3.8, 4) is 17.6 Å². The van der Waals surface area contributed by atoms with E-state index >= 15 is 0 Å². The van der Waals surface area contributed by atoms with Gasteiger partial charge in [0.05, 0.1) is 12.4 Å². The maximum absolute atomic E-state index is 8.75. The minimum Gasteiger partial charge on any atom is -0.454 e. The number of fused-ring (bicyclic) bond motifs is 1. The second kappa shape index (κ2) is 8.10. The molecule has 4 N–H and O–H groups in total. The maximum Gasteiger partial charge on any atom is 0.231 e. The van der Waals surface area contributed by atoms with Crippen molar-refractivity contribution in [2.45, 2.75) is 31.1 Å². The van der Waals surface area contributed by atoms with E-state index in [0.29, 0.717) is 11.6 Å². The van der Waals surface area contributed by atoms with Crippen LogP contribution in [0.4, 0.5) is 0 Å². The first-order valence-corrected chi connectivity index (χ1v) is 9.76. The SMILES string of the molecule is N#CCN=C1NC(CCC(N)Cc2ccc3c(c2)OCO3)(n2ccnc2)NS1. The molecule has 0 bridgehead atoms. The van der Waals surface area contributed by atoms with Crippen LogP contribution in [0.2, 0.25) is 0 Å². The fourth-order valence-corrected chi connectivity index (χ4v) is 4.12. The lowest BCUT2D eigenvalue weighted by molar-refractivity contribution is 0.174. The van der Waals surface area contributed by atoms with Crippen molar-refractivity contribution in [3.05, 3.63) is 42.5 Å². The number of aromatic nitrogens is 2. The summed E-state index contributed by atoms with van der Waals surface area (Å²) in [5.41, 5.74) is 7.54. The molecule has 0 spiro atoms. The summed E-state index contributed by atoms with van der Waals surface area (Å²) < 4.78 is 16.1. The van der Waals surface area contributed by atoms with Gasteiger partial charge in [-0.05, 0) is 42.5 Å². The van der Waals surface area contributed by atoms with Gasteiger partial charge in [0.25, 0.3) is 0 Å². The van der Waals surface area contributed by atoms with Crippen LogP contribution in [0.5, 0.6) is 11.5 Å². The third-order valence-corrected chi connectivity index (χ3v) is 5.54. The van der Waals surface area contributed by atoms with Gasteiger partial charge >= 0.3 is 0 Å². The molecule has 4 rings (SSSR count). The number of ether oxygens (including phenoxy) is 2. The van der Waals surface area contributed by atoms with Gasteiger partial charge in [-0.25, -0.2) is 14.7 Å². The van der Waals surface area contributed by atoms with E-state index in [1.165, 1.54) is 11.9 Å². The molecule has 9 nitrogen and oxygen atoms in total. The smallest absolute Gasteiger partial charge is 0.231 e. The average molecular weight is 399 g/mol. The number of benzene rings is 1. The largest absolute Gasteiger partial charge is 0.454 e. The highest BCUT2D eigenvalue weighted by atomic mass is 32.2. The van der Waals surface area contributed by atoms with Gasteiger partial charge in [-0.3, -0.25) is 0 Å². The van der Waals surface area contributed by atoms with Crippen molar-refractivity contribution in [1.82, 2.24) is 19.6 Å². The predicted octanol–water partition coefficient (Wildman–Crippen LogP) is 1.29. The summed E-state index contributed by atoms with van der Waals surface area (Å²) in [5, 5.41) is 12.8. The number of nitrogens with zero attached hydrogens (tertiary/aromatic N) is 4. The predicted molar refractivity (Wildman–Crippen MR) is 105 cm³/mol. The monoisotopic (exact) mass is 399 g/mol. The van der Waals surface area contributed by atoms with E-state index in [2.05, 4.69) is 20.0 Å². The molecule has 146 valence electrons. The Bertz CT molecular complexity index is 896. The Morgan fingerprint density at radius 1 is 1.43 bits per heavy atom. The van der Waals surface area contributed by atoms with Crippen LogP contribution in [0, 0.1) is 11.3 Å². The molecule has 2 unspecified atom stereocenters. The summed E-state index contributed by atoms with van der Waals surface area (Å²) in [4.78, 5) is 8.38. The molecular formula is C18H21N7O2S. The van der Waals surface area contributed by atoms with Crippen LogP contribution in [-0.2, 0) is 12.2 Å². The van der Waals surface area contributed by atoms with Crippen molar-refractivity contribution >= 4 is 17.1 Å². The van der Waals surface area contributed by atoms with Crippen LogP contribution < -0.4 is 25.2 Å². The molecule has 0 radical (unpaired) electrons. The van der Waals surface area contributed by atoms with E-state index in [-0.39, 0.29) is 19.4 Å². The van der Waals surface area contributed by atoms with Crippen LogP contribution in [0.1, 0.15) is 18.4 Å². The molecular weight excluding hydrogens is 378 g/mol. The maximum atomic E-state index is 8.75. The summed E-state index contributed by atoms with van der Waals surface area (Å²) in [6.07, 6.45) is 7.58. The molecule has 1 saturated heterocycles. The van der Waals surface area contributed by atoms with Crippen LogP contribution in [0.15, 0.2) is 41.9 Å². The van der Waals surface area contributed by atoms with Gasteiger partial charge in [-0.1, -0.05) is 6.07 Å². The molecule has 1 fully saturated rings. The highest BCUT2D eigenvalue weighted by molar-refractivity contribution is 8.12. The summed E-state index contributed by atoms with van der Waals surface area (Å²) in [5.74, 6) is 0.965. The van der Waals surface area contributed by atoms with Crippen molar-refractivity contribution in [2.24, 2.45) is 10.7 Å². The lowest BCUT2D eigenvalue weighted by atomic mass is 10.00. The molecule has 3 heterocycles. The number of nitriles is 1. The lowest BCUT2D eigenvalue weighted by Crippen LogP contribution is -2.51. The molecule has 2 aliphatic heterocycles. The van der Waals surface area contributed by atoms with Crippen molar-refractivity contribution in [3.63, 3.8) is 0 Å². The molecule has 0 aliphatic carbocycles. The number of nitrogens with two attached hydrogens (primary N) is 1. The van der Waals surface area contributed by atoms with Crippen molar-refractivity contribution in [1.29, 1.82) is 5.26 Å². The number of nitrogens with one attached hydrogen (secondary N) is 2. The molecule has 2 aromatic rings. The fraction of sp³-hybridized carbons (Fsp3) is 0.389. The Morgan fingerprint density at radius 3 is 3.14 bits per heavy atom. The van der Waals surface area contributed by atoms with Gasteiger partial charge in [0.1, 0.15) is 6.54 Å². The molecule has 2 atom stereocenters. The third-order valence-electron chi connectivity index (χ3n) is 4.68. The Kier molecular flexibility index (Phi) is 5.38. The van der Waals surface area contributed by atoms with Gasteiger partial charge in [-0.15, -0.1) is 0 Å². The molecule has 0 amide bonds. The minimum atomic E-state index is -0.581. The topological polar surface area (TPSA) is 123 Å². The van der Waals surface area contributed by atoms with E-state index in [1.54, 1.807) is 12.5 Å². The number of rotatable bonds is 7. The second-order valence-electron chi connectivity index (χ2n) is 6.63. The van der Waals surface area contributed by atoms with Gasteiger partial charge < -0.3 is 25.1 Å². The lowest BCUT2D eigenvalue weighted by Gasteiger charge is -2.31. The van der Waals surface area contributed by atoms with Gasteiger partial charge in [0.2, 0.25) is 6.79 Å². The normalized spacial score (nSPS) is 22.8. The summed E-state index contributed by atoms with van der Waals surface area (Å²) in [7, 11) is 0. The number of imidazole rings is 1. The quantitative estimate of drug-likeness (QED) is 0.470. The molecule has 0 saturated carbocycles. The zero-order valence-electron chi connectivity index (χ0n) is 15.2. The minimum absolute atomic E-state index is 0.0329. The Labute approximate surface area is 167 Å². The van der Waals surface area contributed by atoms with Gasteiger partial charge in [0.15, 0.2) is 22.5 Å². The summed E-state index contributed by atoms with van der Waals surface area (Å²) in [6, 6.07) is 7.92. The van der Waals surface area contributed by atoms with Crippen LogP contribution in [0.3, 0.4) is 0 Å². The highest BCUT2D eigenvalue weighted by Gasteiger charge is 2.38. The fourth-order valence-electron chi connectivity index (χ4n) is 3.25. The van der Waals surface area contributed by atoms with Gasteiger partial charge in [-0.2, -0.15) is 5.26 Å². The molecule has 2 aliphatic rings. The summed E-state index contributed by atoms with van der Waals surface area (Å²) >= 11 is 1.37. The van der Waals surface area contributed by atoms with E-state index < -0.39 is 5.79 Å². The van der Waals surface area contributed by atoms with E-state index in [0.717, 1.165) is 29.9 Å². The standard InChI is InChI=1S/C18H21N7O2S/c19-5-6-22-17-23-18(24-28-17,25-8-7-21-11-25)4-3-14(20)9-13-1-2-15-16(10-13)27-12-26-15/h1-2,7-8,10-11,14,24H,3-4,6,9,12,20H2,(H,22,23). The van der Waals surface area contributed by atoms with Crippen LogP contribution in [0.25, 0.3) is 0 Å². The number of aliphatic imine (C=N–C) groups is 1. The third kappa shape index (κ3) is 3.91. The highest BCUT2D eigenvalue weighted by Crippen LogP contribution is 2.33. The Hall–Kier alpha value is -2.74. The Balaban J connectivity index is 1.41. The summed E-state index contributed by atoms with van der Waals surface area (Å²) in [6.45, 7) is 0.379. The molecule has 1 aromatic heterocycles. The Morgan fingerprint density at radius 2 is 2.32 bits per heavy atom. The molecule has 10 heteroatoms. The zero-order valence-corrected chi connectivity index (χ0v) is 16.0. The van der Waals surface area contributed by atoms with E-state index in [9.17, 15) is 0 Å². The van der Waals surface area contributed by atoms with Gasteiger partial charge in [0, 0.05) is 24.9 Å².